The predicted octanol–water partition coefficient (Wildman–Crippen LogP) is -3.57. The van der Waals surface area contributed by atoms with Crippen molar-refractivity contribution in [3.63, 3.8) is 0 Å². The van der Waals surface area contributed by atoms with Crippen LogP contribution in [0.5, 0.6) is 0 Å². The third-order valence-corrected chi connectivity index (χ3v) is 0. The van der Waals surface area contributed by atoms with E-state index in [1.165, 1.54) is 0 Å². The van der Waals surface area contributed by atoms with Gasteiger partial charge in [-0.25, -0.2) is 0 Å². The molecule has 0 rings (SSSR count). The minimum absolute atomic E-state index is 0. The summed E-state index contributed by atoms with van der Waals surface area (Å²) in [7, 11) is 0. The van der Waals surface area contributed by atoms with Gasteiger partial charge in [0, 0.05) is 0 Å². The van der Waals surface area contributed by atoms with Crippen LogP contribution < -0.4 is 0 Å². The Kier molecular flexibility index (Phi) is 79.9. The van der Waals surface area contributed by atoms with Crippen LogP contribution in [0.15, 0.2) is 0 Å². The quantitative estimate of drug-likeness (QED) is 0.450. The van der Waals surface area contributed by atoms with E-state index in [4.69, 9.17) is 3.47 Å². The molecule has 0 unspecified atom stereocenters. The van der Waals surface area contributed by atoms with E-state index in [1.807, 2.05) is 0 Å². The molecule has 0 aliphatic heterocycles. The summed E-state index contributed by atoms with van der Waals surface area (Å²) < 4.78 is 7.01. The van der Waals surface area contributed by atoms with Crippen LogP contribution in [0.4, 0.5) is 0 Å². The molecule has 0 aromatic carbocycles. The average Bonchev–Trinajstić information content (AvgIpc) is 1.00. The Balaban J connectivity index is -0.00000000500. The van der Waals surface area contributed by atoms with E-state index in [0.29, 0.717) is 0 Å². The third kappa shape index (κ3) is 8.93. The third-order valence-electron chi connectivity index (χ3n) is 0. The van der Waals surface area contributed by atoms with Gasteiger partial charge in [0.25, 0.3) is 0 Å². The fourth-order valence-corrected chi connectivity index (χ4v) is 0. The van der Waals surface area contributed by atoms with Crippen LogP contribution in [0, 0.1) is 0 Å². The summed E-state index contributed by atoms with van der Waals surface area (Å²) >= 11 is 0.950. The van der Waals surface area contributed by atoms with Crippen molar-refractivity contribution in [1.29, 1.82) is 0 Å². The Hall–Kier alpha value is 2.11. The minimum atomic E-state index is 0. The fraction of sp³-hybridized carbons (Fsp3) is 0. The van der Waals surface area contributed by atoms with Crippen LogP contribution in [-0.2, 0) is 0 Å². The molecule has 0 aromatic rings. The molecule has 0 fully saturated rings. The van der Waals surface area contributed by atoms with Gasteiger partial charge in [0.15, 0.2) is 0 Å². The van der Waals surface area contributed by atoms with Crippen molar-refractivity contribution in [2.24, 2.45) is 0 Å². The molecule has 1 N–H and O–H groups in total. The maximum absolute atomic E-state index is 7.01. The molecule has 4 heteroatoms. The van der Waals surface area contributed by atoms with Crippen LogP contribution in [0.25, 0.3) is 0 Å². The molecular weight excluding hydrogens is 338 g/mol. The van der Waals surface area contributed by atoms with Crippen LogP contribution in [0.3, 0.4) is 0 Å². The van der Waals surface area contributed by atoms with Gasteiger partial charge in [-0.05, 0) is 0 Å². The Morgan fingerprint density at radius 3 is 1.25 bits per heavy atom. The molecule has 0 aliphatic carbocycles. The summed E-state index contributed by atoms with van der Waals surface area (Å²) in [5.41, 5.74) is 0. The number of hydrogen-bond acceptors (Lipinski definition) is 1. The zero-order valence-corrected chi connectivity index (χ0v) is 7.93. The molecule has 0 atom stereocenters. The van der Waals surface area contributed by atoms with Gasteiger partial charge in [-0.15, -0.1) is 0 Å². The Labute approximate surface area is 67.4 Å². The van der Waals surface area contributed by atoms with E-state index in [9.17, 15) is 0 Å². The van der Waals surface area contributed by atoms with E-state index in [0.717, 1.165) is 22.7 Å². The van der Waals surface area contributed by atoms with Crippen molar-refractivity contribution >= 4 is 64.7 Å². The van der Waals surface area contributed by atoms with Crippen molar-refractivity contribution in [2.45, 2.75) is 0 Å². The molecule has 4 heavy (non-hydrogen) atoms. The van der Waals surface area contributed by atoms with Crippen LogP contribution in [0.2, 0.25) is 0 Å². The zero-order chi connectivity index (χ0) is 2.00. The summed E-state index contributed by atoms with van der Waals surface area (Å²) in [5, 5.41) is 0. The van der Waals surface area contributed by atoms with Gasteiger partial charge in [0.1, 0.15) is 0 Å². The first kappa shape index (κ1) is 16.5. The Bertz CT molecular complexity index is 8.00. The molecule has 1 nitrogen and oxygen atoms in total. The summed E-state index contributed by atoms with van der Waals surface area (Å²) in [4.78, 5) is 0. The molecule has 0 spiro atoms. The SMILES string of the molecule is O[Te].[GeH4].[SbH3]. The molecule has 0 bridgehead atoms. The van der Waals surface area contributed by atoms with Crippen molar-refractivity contribution in [3.05, 3.63) is 0 Å². The predicted molar refractivity (Wildman–Crippen MR) is 29.2 cm³/mol. The van der Waals surface area contributed by atoms with Crippen LogP contribution in [-0.4, -0.2) is 68.2 Å². The molecule has 0 saturated heterocycles. The molecule has 29 valence electrons. The van der Waals surface area contributed by atoms with Gasteiger partial charge >= 0.3 is 68.2 Å². The van der Waals surface area contributed by atoms with Crippen LogP contribution in [0.1, 0.15) is 0 Å². The standard InChI is InChI=1S/GeH4.HOTe.Sb.3H/c;1-2;;;;/h1H4;1H;;;;. The Morgan fingerprint density at radius 2 is 1.25 bits per heavy atom. The topological polar surface area (TPSA) is 20.2 Å². The van der Waals surface area contributed by atoms with E-state index in [1.54, 1.807) is 0 Å². The van der Waals surface area contributed by atoms with E-state index < -0.39 is 0 Å². The van der Waals surface area contributed by atoms with Crippen LogP contribution >= 0.6 is 0 Å². The summed E-state index contributed by atoms with van der Waals surface area (Å²) in [6.45, 7) is 0. The maximum atomic E-state index is 7.01. The molecule has 0 heterocycles. The van der Waals surface area contributed by atoms with Crippen molar-refractivity contribution in [3.8, 4) is 0 Å². The normalized spacial score (nSPS) is 1.50. The second kappa shape index (κ2) is 19.4. The Morgan fingerprint density at radius 1 is 1.25 bits per heavy atom. The van der Waals surface area contributed by atoms with Gasteiger partial charge in [-0.1, -0.05) is 0 Å². The molecule has 0 aliphatic rings. The number of hydrogen-bond donors (Lipinski definition) is 1. The van der Waals surface area contributed by atoms with Gasteiger partial charge in [-0.2, -0.15) is 0 Å². The first-order valence-corrected chi connectivity index (χ1v) is 1.22. The summed E-state index contributed by atoms with van der Waals surface area (Å²) in [6, 6.07) is 0. The first-order chi connectivity index (χ1) is 1.00. The first-order valence-electron chi connectivity index (χ1n) is 0.183. The zero-order valence-electron chi connectivity index (χ0n) is 1.56. The molecule has 0 aromatic heterocycles. The van der Waals surface area contributed by atoms with E-state index >= 15 is 0 Å². The van der Waals surface area contributed by atoms with E-state index in [-0.39, 0.29) is 42.0 Å². The average molecular weight is 346 g/mol. The van der Waals surface area contributed by atoms with Gasteiger partial charge < -0.3 is 0 Å². The molecule has 0 saturated carbocycles. The van der Waals surface area contributed by atoms with Gasteiger partial charge in [0.2, 0.25) is 0 Å². The fourth-order valence-electron chi connectivity index (χ4n) is 0. The van der Waals surface area contributed by atoms with Gasteiger partial charge in [-0.3, -0.25) is 0 Å². The summed E-state index contributed by atoms with van der Waals surface area (Å²) in [5.74, 6) is 0. The second-order valence-corrected chi connectivity index (χ2v) is 0. The van der Waals surface area contributed by atoms with Crippen molar-refractivity contribution in [2.75, 3.05) is 0 Å². The van der Waals surface area contributed by atoms with Gasteiger partial charge in [0.05, 0.1) is 0 Å². The molecular formula is H8GeOSbTe. The number of rotatable bonds is 0. The molecule has 1 radical (unpaired) electrons. The summed E-state index contributed by atoms with van der Waals surface area (Å²) in [6.07, 6.45) is 0. The van der Waals surface area contributed by atoms with E-state index in [2.05, 4.69) is 0 Å². The second-order valence-electron chi connectivity index (χ2n) is 0. The van der Waals surface area contributed by atoms with Crippen molar-refractivity contribution < 1.29 is 3.47 Å². The molecule has 0 amide bonds. The monoisotopic (exact) mass is 349 g/mol. The van der Waals surface area contributed by atoms with Crippen molar-refractivity contribution in [1.82, 2.24) is 0 Å².